The minimum absolute atomic E-state index is 0.0248. The van der Waals surface area contributed by atoms with E-state index in [0.717, 1.165) is 0 Å². The summed E-state index contributed by atoms with van der Waals surface area (Å²) in [5, 5.41) is 9.67. The molecular weight excluding hydrogens is 267 g/mol. The van der Waals surface area contributed by atoms with Gasteiger partial charge in [-0.15, -0.1) is 0 Å². The molecule has 94 valence electrons. The molecule has 1 rings (SSSR count). The molecule has 0 atom stereocenters. The van der Waals surface area contributed by atoms with Gasteiger partial charge in [0.15, 0.2) is 11.5 Å². The third kappa shape index (κ3) is 3.17. The fraction of sp³-hybridized carbons (Fsp3) is 0.364. The molecular formula is C11H12Cl2O4. The molecule has 1 aromatic rings. The molecule has 1 N–H and O–H groups in total. The Hall–Kier alpha value is -1.13. The molecule has 1 aromatic carbocycles. The second kappa shape index (κ2) is 5.98. The van der Waals surface area contributed by atoms with Crippen LogP contribution in [0.15, 0.2) is 6.07 Å². The zero-order chi connectivity index (χ0) is 13.0. The third-order valence-corrected chi connectivity index (χ3v) is 2.98. The summed E-state index contributed by atoms with van der Waals surface area (Å²) in [5.41, 5.74) is 0.449. The van der Waals surface area contributed by atoms with Gasteiger partial charge in [0.25, 0.3) is 0 Å². The minimum Gasteiger partial charge on any atom is -0.503 e. The molecule has 0 aromatic heterocycles. The van der Waals surface area contributed by atoms with Crippen LogP contribution in [0.3, 0.4) is 0 Å². The summed E-state index contributed by atoms with van der Waals surface area (Å²) in [7, 11) is 1.38. The second-order valence-corrected chi connectivity index (χ2v) is 3.95. The first-order valence-electron chi connectivity index (χ1n) is 4.90. The van der Waals surface area contributed by atoms with Crippen molar-refractivity contribution in [2.24, 2.45) is 0 Å². The van der Waals surface area contributed by atoms with Crippen LogP contribution in [-0.2, 0) is 16.0 Å². The number of esters is 1. The van der Waals surface area contributed by atoms with Crippen molar-refractivity contribution in [2.45, 2.75) is 13.3 Å². The maximum absolute atomic E-state index is 11.3. The number of aromatic hydroxyl groups is 1. The van der Waals surface area contributed by atoms with Gasteiger partial charge < -0.3 is 14.6 Å². The topological polar surface area (TPSA) is 55.8 Å². The average Bonchev–Trinajstić information content (AvgIpc) is 2.30. The van der Waals surface area contributed by atoms with Crippen LogP contribution >= 0.6 is 23.2 Å². The Morgan fingerprint density at radius 3 is 2.59 bits per heavy atom. The van der Waals surface area contributed by atoms with Crippen molar-refractivity contribution >= 4 is 29.2 Å². The zero-order valence-corrected chi connectivity index (χ0v) is 10.9. The van der Waals surface area contributed by atoms with Gasteiger partial charge in [0.2, 0.25) is 0 Å². The Morgan fingerprint density at radius 2 is 2.06 bits per heavy atom. The first-order chi connectivity index (χ1) is 8.01. The number of benzene rings is 1. The molecule has 0 bridgehead atoms. The van der Waals surface area contributed by atoms with Gasteiger partial charge in [-0.3, -0.25) is 4.79 Å². The van der Waals surface area contributed by atoms with Crippen molar-refractivity contribution in [1.29, 1.82) is 0 Å². The SMILES string of the molecule is CCOC(=O)Cc1cc(OC)c(O)c(Cl)c1Cl. The highest BCUT2D eigenvalue weighted by atomic mass is 35.5. The van der Waals surface area contributed by atoms with E-state index in [9.17, 15) is 9.90 Å². The maximum atomic E-state index is 11.3. The lowest BCUT2D eigenvalue weighted by Gasteiger charge is -2.11. The molecule has 4 nitrogen and oxygen atoms in total. The number of rotatable bonds is 4. The summed E-state index contributed by atoms with van der Waals surface area (Å²) in [5.74, 6) is -0.497. The van der Waals surface area contributed by atoms with Crippen molar-refractivity contribution in [1.82, 2.24) is 0 Å². The Labute approximate surface area is 109 Å². The molecule has 0 saturated carbocycles. The van der Waals surface area contributed by atoms with Crippen LogP contribution in [0.1, 0.15) is 12.5 Å². The molecule has 0 aliphatic carbocycles. The van der Waals surface area contributed by atoms with Gasteiger partial charge in [0, 0.05) is 0 Å². The molecule has 0 saturated heterocycles. The van der Waals surface area contributed by atoms with E-state index in [4.69, 9.17) is 32.7 Å². The number of phenols is 1. The molecule has 0 fully saturated rings. The fourth-order valence-electron chi connectivity index (χ4n) is 1.29. The van der Waals surface area contributed by atoms with Crippen LogP contribution in [0.25, 0.3) is 0 Å². The van der Waals surface area contributed by atoms with E-state index in [0.29, 0.717) is 12.2 Å². The summed E-state index contributed by atoms with van der Waals surface area (Å²) in [6.45, 7) is 2.00. The van der Waals surface area contributed by atoms with Gasteiger partial charge in [-0.25, -0.2) is 0 Å². The van der Waals surface area contributed by atoms with Gasteiger partial charge in [0.05, 0.1) is 25.2 Å². The van der Waals surface area contributed by atoms with E-state index in [1.165, 1.54) is 13.2 Å². The molecule has 0 heterocycles. The minimum atomic E-state index is -0.418. The fourth-order valence-corrected chi connectivity index (χ4v) is 1.72. The predicted molar refractivity (Wildman–Crippen MR) is 65.0 cm³/mol. The van der Waals surface area contributed by atoms with Crippen molar-refractivity contribution in [3.05, 3.63) is 21.7 Å². The van der Waals surface area contributed by atoms with Gasteiger partial charge in [-0.05, 0) is 18.6 Å². The van der Waals surface area contributed by atoms with Crippen LogP contribution in [0.4, 0.5) is 0 Å². The molecule has 0 aliphatic rings. The number of halogens is 2. The zero-order valence-electron chi connectivity index (χ0n) is 9.42. The molecule has 0 unspecified atom stereocenters. The van der Waals surface area contributed by atoms with E-state index >= 15 is 0 Å². The first-order valence-corrected chi connectivity index (χ1v) is 5.66. The quantitative estimate of drug-likeness (QED) is 0.861. The molecule has 0 amide bonds. The van der Waals surface area contributed by atoms with Gasteiger partial charge in [-0.1, -0.05) is 23.2 Å². The number of carbonyl (C=O) groups is 1. The third-order valence-electron chi connectivity index (χ3n) is 2.08. The van der Waals surface area contributed by atoms with Crippen molar-refractivity contribution in [3.63, 3.8) is 0 Å². The molecule has 0 spiro atoms. The normalized spacial score (nSPS) is 10.1. The first kappa shape index (κ1) is 13.9. The summed E-state index contributed by atoms with van der Waals surface area (Å²) >= 11 is 11.7. The summed E-state index contributed by atoms with van der Waals surface area (Å²) in [6, 6.07) is 1.46. The largest absolute Gasteiger partial charge is 0.503 e. The monoisotopic (exact) mass is 278 g/mol. The predicted octanol–water partition coefficient (Wildman–Crippen LogP) is 2.81. The smallest absolute Gasteiger partial charge is 0.310 e. The van der Waals surface area contributed by atoms with Crippen LogP contribution in [0.2, 0.25) is 10.0 Å². The summed E-state index contributed by atoms with van der Waals surface area (Å²) in [4.78, 5) is 11.3. The van der Waals surface area contributed by atoms with Crippen LogP contribution in [0, 0.1) is 0 Å². The highest BCUT2D eigenvalue weighted by Crippen LogP contribution is 2.41. The van der Waals surface area contributed by atoms with E-state index in [2.05, 4.69) is 0 Å². The second-order valence-electron chi connectivity index (χ2n) is 3.20. The molecule has 6 heteroatoms. The van der Waals surface area contributed by atoms with E-state index < -0.39 is 5.97 Å². The van der Waals surface area contributed by atoms with E-state index in [-0.39, 0.29) is 28.0 Å². The van der Waals surface area contributed by atoms with E-state index in [1.54, 1.807) is 6.92 Å². The lowest BCUT2D eigenvalue weighted by molar-refractivity contribution is -0.142. The number of carbonyl (C=O) groups excluding carboxylic acids is 1. The average molecular weight is 279 g/mol. The van der Waals surface area contributed by atoms with Gasteiger partial charge in [0.1, 0.15) is 5.02 Å². The maximum Gasteiger partial charge on any atom is 0.310 e. The Kier molecular flexibility index (Phi) is 4.90. The number of hydrogen-bond donors (Lipinski definition) is 1. The number of hydrogen-bond acceptors (Lipinski definition) is 4. The van der Waals surface area contributed by atoms with Crippen molar-refractivity contribution < 1.29 is 19.4 Å². The Bertz CT molecular complexity index is 432. The summed E-state index contributed by atoms with van der Waals surface area (Å²) < 4.78 is 9.72. The highest BCUT2D eigenvalue weighted by Gasteiger charge is 2.17. The van der Waals surface area contributed by atoms with Crippen LogP contribution < -0.4 is 4.74 Å². The number of ether oxygens (including phenoxy) is 2. The van der Waals surface area contributed by atoms with Crippen LogP contribution in [-0.4, -0.2) is 24.8 Å². The summed E-state index contributed by atoms with van der Waals surface area (Å²) in [6.07, 6.45) is -0.0248. The van der Waals surface area contributed by atoms with Gasteiger partial charge >= 0.3 is 5.97 Å². The lowest BCUT2D eigenvalue weighted by atomic mass is 10.1. The lowest BCUT2D eigenvalue weighted by Crippen LogP contribution is -2.08. The van der Waals surface area contributed by atoms with Crippen molar-refractivity contribution in [2.75, 3.05) is 13.7 Å². The number of methoxy groups -OCH3 is 1. The molecule has 0 aliphatic heterocycles. The Morgan fingerprint density at radius 1 is 1.41 bits per heavy atom. The Balaban J connectivity index is 3.08. The van der Waals surface area contributed by atoms with Crippen molar-refractivity contribution in [3.8, 4) is 11.5 Å². The van der Waals surface area contributed by atoms with E-state index in [1.807, 2.05) is 0 Å². The molecule has 17 heavy (non-hydrogen) atoms. The standard InChI is InChI=1S/C11H12Cl2O4/c1-3-17-8(14)5-6-4-7(16-2)11(15)10(13)9(6)12/h4,15H,3,5H2,1-2H3. The number of phenolic OH excluding ortho intramolecular Hbond substituents is 1. The van der Waals surface area contributed by atoms with Crippen LogP contribution in [0.5, 0.6) is 11.5 Å². The molecule has 0 radical (unpaired) electrons. The van der Waals surface area contributed by atoms with Gasteiger partial charge in [-0.2, -0.15) is 0 Å². The highest BCUT2D eigenvalue weighted by molar-refractivity contribution is 6.43.